The van der Waals surface area contributed by atoms with Crippen LogP contribution in [0.5, 0.6) is 5.75 Å². The van der Waals surface area contributed by atoms with Gasteiger partial charge in [-0.3, -0.25) is 4.79 Å². The average molecular weight is 290 g/mol. The maximum absolute atomic E-state index is 11.8. The standard InChI is InChI=1S/C15H18N2O2S/c1-10(2)16-15(18)13-9-20-14(17-13)8-19-12-6-4-5-11(3)7-12/h4-7,9-10H,8H2,1-3H3,(H,16,18). The van der Waals surface area contributed by atoms with Gasteiger partial charge in [-0.25, -0.2) is 4.98 Å². The van der Waals surface area contributed by atoms with E-state index in [9.17, 15) is 4.79 Å². The lowest BCUT2D eigenvalue weighted by molar-refractivity contribution is 0.0938. The Kier molecular flexibility index (Phi) is 4.74. The number of ether oxygens (including phenoxy) is 1. The number of nitrogens with zero attached hydrogens (tertiary/aromatic N) is 1. The molecule has 4 nitrogen and oxygen atoms in total. The van der Waals surface area contributed by atoms with Crippen molar-refractivity contribution in [3.05, 3.63) is 45.9 Å². The van der Waals surface area contributed by atoms with Crippen molar-refractivity contribution in [2.45, 2.75) is 33.4 Å². The molecule has 20 heavy (non-hydrogen) atoms. The molecular formula is C15H18N2O2S. The maximum atomic E-state index is 11.8. The summed E-state index contributed by atoms with van der Waals surface area (Å²) in [6, 6.07) is 7.96. The van der Waals surface area contributed by atoms with Crippen LogP contribution in [0, 0.1) is 6.92 Å². The number of carbonyl (C=O) groups is 1. The van der Waals surface area contributed by atoms with Gasteiger partial charge >= 0.3 is 0 Å². The first-order valence-corrected chi connectivity index (χ1v) is 7.37. The van der Waals surface area contributed by atoms with Crippen LogP contribution in [0.4, 0.5) is 0 Å². The molecule has 0 atom stereocenters. The van der Waals surface area contributed by atoms with Crippen LogP contribution in [0.2, 0.25) is 0 Å². The van der Waals surface area contributed by atoms with Gasteiger partial charge in [-0.2, -0.15) is 0 Å². The number of thiazole rings is 1. The smallest absolute Gasteiger partial charge is 0.270 e. The van der Waals surface area contributed by atoms with Crippen molar-refractivity contribution in [1.82, 2.24) is 10.3 Å². The normalized spacial score (nSPS) is 10.6. The summed E-state index contributed by atoms with van der Waals surface area (Å²) >= 11 is 1.43. The maximum Gasteiger partial charge on any atom is 0.270 e. The van der Waals surface area contributed by atoms with Crippen molar-refractivity contribution < 1.29 is 9.53 Å². The third kappa shape index (κ3) is 4.06. The van der Waals surface area contributed by atoms with Gasteiger partial charge in [0.05, 0.1) is 0 Å². The summed E-state index contributed by atoms with van der Waals surface area (Å²) in [4.78, 5) is 16.1. The highest BCUT2D eigenvalue weighted by Crippen LogP contribution is 2.16. The van der Waals surface area contributed by atoms with Crippen LogP contribution in [0.1, 0.15) is 34.9 Å². The van der Waals surface area contributed by atoms with E-state index < -0.39 is 0 Å². The second-order valence-electron chi connectivity index (χ2n) is 4.86. The number of rotatable bonds is 5. The predicted molar refractivity (Wildman–Crippen MR) is 80.2 cm³/mol. The van der Waals surface area contributed by atoms with E-state index in [0.717, 1.165) is 16.3 Å². The molecule has 0 spiro atoms. The molecular weight excluding hydrogens is 272 g/mol. The number of aromatic nitrogens is 1. The molecule has 0 aliphatic carbocycles. The molecule has 106 valence electrons. The Morgan fingerprint density at radius 1 is 1.45 bits per heavy atom. The molecule has 1 amide bonds. The minimum Gasteiger partial charge on any atom is -0.486 e. The van der Waals surface area contributed by atoms with E-state index in [1.54, 1.807) is 5.38 Å². The summed E-state index contributed by atoms with van der Waals surface area (Å²) in [5.41, 5.74) is 1.60. The van der Waals surface area contributed by atoms with Gasteiger partial charge in [-0.1, -0.05) is 12.1 Å². The molecule has 2 rings (SSSR count). The summed E-state index contributed by atoms with van der Waals surface area (Å²) in [5, 5.41) is 5.37. The highest BCUT2D eigenvalue weighted by atomic mass is 32.1. The van der Waals surface area contributed by atoms with E-state index >= 15 is 0 Å². The first kappa shape index (κ1) is 14.5. The van der Waals surface area contributed by atoms with Crippen molar-refractivity contribution in [3.63, 3.8) is 0 Å². The Balaban J connectivity index is 1.94. The van der Waals surface area contributed by atoms with Gasteiger partial charge in [0.2, 0.25) is 0 Å². The highest BCUT2D eigenvalue weighted by molar-refractivity contribution is 7.09. The van der Waals surface area contributed by atoms with E-state index in [-0.39, 0.29) is 11.9 Å². The van der Waals surface area contributed by atoms with E-state index in [1.807, 2.05) is 45.0 Å². The summed E-state index contributed by atoms with van der Waals surface area (Å²) in [6.07, 6.45) is 0. The second kappa shape index (κ2) is 6.52. The number of nitrogens with one attached hydrogen (secondary N) is 1. The molecule has 0 aliphatic heterocycles. The van der Waals surface area contributed by atoms with Gasteiger partial charge in [0.25, 0.3) is 5.91 Å². The average Bonchev–Trinajstić information content (AvgIpc) is 2.84. The number of amides is 1. The largest absolute Gasteiger partial charge is 0.486 e. The summed E-state index contributed by atoms with van der Waals surface area (Å²) < 4.78 is 5.66. The zero-order valence-electron chi connectivity index (χ0n) is 11.8. The van der Waals surface area contributed by atoms with Crippen LogP contribution >= 0.6 is 11.3 Å². The number of hydrogen-bond donors (Lipinski definition) is 1. The minimum atomic E-state index is -0.141. The topological polar surface area (TPSA) is 51.2 Å². The van der Waals surface area contributed by atoms with E-state index in [4.69, 9.17) is 4.74 Å². The molecule has 2 aromatic rings. The number of benzene rings is 1. The van der Waals surface area contributed by atoms with Crippen molar-refractivity contribution >= 4 is 17.2 Å². The Hall–Kier alpha value is -1.88. The molecule has 1 N–H and O–H groups in total. The third-order valence-corrected chi connectivity index (χ3v) is 3.38. The second-order valence-corrected chi connectivity index (χ2v) is 5.80. The van der Waals surface area contributed by atoms with Crippen LogP contribution in [0.3, 0.4) is 0 Å². The van der Waals surface area contributed by atoms with Gasteiger partial charge in [0, 0.05) is 11.4 Å². The van der Waals surface area contributed by atoms with E-state index in [1.165, 1.54) is 11.3 Å². The number of carbonyl (C=O) groups excluding carboxylic acids is 1. The predicted octanol–water partition coefficient (Wildman–Crippen LogP) is 3.17. The van der Waals surface area contributed by atoms with Gasteiger partial charge in [-0.05, 0) is 38.5 Å². The monoisotopic (exact) mass is 290 g/mol. The SMILES string of the molecule is Cc1cccc(OCc2nc(C(=O)NC(C)C)cs2)c1. The molecule has 0 radical (unpaired) electrons. The Morgan fingerprint density at radius 3 is 2.95 bits per heavy atom. The molecule has 0 unspecified atom stereocenters. The first-order chi connectivity index (χ1) is 9.54. The Bertz CT molecular complexity index is 593. The van der Waals surface area contributed by atoms with Crippen molar-refractivity contribution in [3.8, 4) is 5.75 Å². The number of aryl methyl sites for hydroxylation is 1. The summed E-state index contributed by atoms with van der Waals surface area (Å²) in [6.45, 7) is 6.24. The highest BCUT2D eigenvalue weighted by Gasteiger charge is 2.11. The van der Waals surface area contributed by atoms with E-state index in [0.29, 0.717) is 12.3 Å². The summed E-state index contributed by atoms with van der Waals surface area (Å²) in [7, 11) is 0. The quantitative estimate of drug-likeness (QED) is 0.920. The molecule has 5 heteroatoms. The molecule has 1 heterocycles. The van der Waals surface area contributed by atoms with Crippen LogP contribution in [0.15, 0.2) is 29.6 Å². The van der Waals surface area contributed by atoms with Gasteiger partial charge in [-0.15, -0.1) is 11.3 Å². The Morgan fingerprint density at radius 2 is 2.25 bits per heavy atom. The van der Waals surface area contributed by atoms with Crippen LogP contribution in [-0.4, -0.2) is 16.9 Å². The molecule has 1 aromatic heterocycles. The molecule has 0 bridgehead atoms. The zero-order valence-corrected chi connectivity index (χ0v) is 12.7. The van der Waals surface area contributed by atoms with Crippen LogP contribution in [0.25, 0.3) is 0 Å². The van der Waals surface area contributed by atoms with Crippen LogP contribution in [-0.2, 0) is 6.61 Å². The van der Waals surface area contributed by atoms with Gasteiger partial charge < -0.3 is 10.1 Å². The lowest BCUT2D eigenvalue weighted by Crippen LogP contribution is -2.30. The minimum absolute atomic E-state index is 0.108. The van der Waals surface area contributed by atoms with Crippen molar-refractivity contribution in [2.24, 2.45) is 0 Å². The van der Waals surface area contributed by atoms with Crippen molar-refractivity contribution in [2.75, 3.05) is 0 Å². The number of hydrogen-bond acceptors (Lipinski definition) is 4. The molecule has 1 aromatic carbocycles. The summed E-state index contributed by atoms with van der Waals surface area (Å²) in [5.74, 6) is 0.673. The fourth-order valence-corrected chi connectivity index (χ4v) is 2.35. The van der Waals surface area contributed by atoms with Crippen molar-refractivity contribution in [1.29, 1.82) is 0 Å². The third-order valence-electron chi connectivity index (χ3n) is 2.56. The zero-order chi connectivity index (χ0) is 14.5. The molecule has 0 aliphatic rings. The Labute approximate surface area is 122 Å². The lowest BCUT2D eigenvalue weighted by atomic mass is 10.2. The van der Waals surface area contributed by atoms with E-state index in [2.05, 4.69) is 10.3 Å². The molecule has 0 fully saturated rings. The van der Waals surface area contributed by atoms with Gasteiger partial charge in [0.15, 0.2) is 0 Å². The van der Waals surface area contributed by atoms with Gasteiger partial charge in [0.1, 0.15) is 23.1 Å². The first-order valence-electron chi connectivity index (χ1n) is 6.49. The van der Waals surface area contributed by atoms with Crippen LogP contribution < -0.4 is 10.1 Å². The molecule has 0 saturated carbocycles. The lowest BCUT2D eigenvalue weighted by Gasteiger charge is -2.06. The fourth-order valence-electron chi connectivity index (χ4n) is 1.67. The fraction of sp³-hybridized carbons (Fsp3) is 0.333. The molecule has 0 saturated heterocycles.